The Morgan fingerprint density at radius 2 is 1.88 bits per heavy atom. The highest BCUT2D eigenvalue weighted by Crippen LogP contribution is 2.20. The fourth-order valence-corrected chi connectivity index (χ4v) is 2.39. The van der Waals surface area contributed by atoms with Crippen molar-refractivity contribution in [3.63, 3.8) is 0 Å². The van der Waals surface area contributed by atoms with E-state index in [-0.39, 0.29) is 6.04 Å². The van der Waals surface area contributed by atoms with Crippen LogP contribution in [0.3, 0.4) is 0 Å². The number of benzene rings is 1. The van der Waals surface area contributed by atoms with Crippen LogP contribution in [0, 0.1) is 0 Å². The van der Waals surface area contributed by atoms with Gasteiger partial charge < -0.3 is 10.1 Å². The van der Waals surface area contributed by atoms with Crippen molar-refractivity contribution in [1.29, 1.82) is 0 Å². The van der Waals surface area contributed by atoms with Gasteiger partial charge in [-0.15, -0.1) is 0 Å². The minimum absolute atomic E-state index is 0.228. The van der Waals surface area contributed by atoms with E-state index in [9.17, 15) is 19.2 Å². The van der Waals surface area contributed by atoms with Gasteiger partial charge in [0.05, 0.1) is 6.04 Å². The zero-order valence-corrected chi connectivity index (χ0v) is 14.4. The molecule has 1 heterocycles. The Balaban J connectivity index is 1.81. The predicted octanol–water partition coefficient (Wildman–Crippen LogP) is 0.737. The van der Waals surface area contributed by atoms with E-state index in [2.05, 4.69) is 10.6 Å². The van der Waals surface area contributed by atoms with Gasteiger partial charge in [0.15, 0.2) is 6.61 Å². The van der Waals surface area contributed by atoms with Crippen molar-refractivity contribution in [3.05, 3.63) is 35.9 Å². The van der Waals surface area contributed by atoms with E-state index in [1.54, 1.807) is 0 Å². The number of hydrogen-bond donors (Lipinski definition) is 2. The fourth-order valence-electron chi connectivity index (χ4n) is 2.39. The molecule has 4 amide bonds. The first kappa shape index (κ1) is 18.4. The zero-order chi connectivity index (χ0) is 18.6. The third-order valence-electron chi connectivity index (χ3n) is 4.02. The molecule has 1 aromatic carbocycles. The lowest BCUT2D eigenvalue weighted by Crippen LogP contribution is -2.47. The lowest BCUT2D eigenvalue weighted by atomic mass is 10.0. The van der Waals surface area contributed by atoms with Crippen molar-refractivity contribution in [2.24, 2.45) is 0 Å². The second kappa shape index (κ2) is 7.33. The molecule has 1 aromatic rings. The summed E-state index contributed by atoms with van der Waals surface area (Å²) < 4.78 is 4.90. The Morgan fingerprint density at radius 1 is 1.24 bits per heavy atom. The van der Waals surface area contributed by atoms with Gasteiger partial charge in [-0.1, -0.05) is 30.3 Å². The normalized spacial score (nSPS) is 17.0. The molecule has 0 aliphatic carbocycles. The number of imide groups is 1. The van der Waals surface area contributed by atoms with Crippen molar-refractivity contribution in [3.8, 4) is 0 Å². The average Bonchev–Trinajstić information content (AvgIpc) is 2.76. The maximum atomic E-state index is 11.9. The summed E-state index contributed by atoms with van der Waals surface area (Å²) in [7, 11) is 0. The Bertz CT molecular complexity index is 687. The number of hydrogen-bond acceptors (Lipinski definition) is 5. The van der Waals surface area contributed by atoms with Crippen molar-refractivity contribution in [2.75, 3.05) is 13.2 Å². The number of carbonyl (C=O) groups is 4. The van der Waals surface area contributed by atoms with E-state index >= 15 is 0 Å². The minimum Gasteiger partial charge on any atom is -0.454 e. The van der Waals surface area contributed by atoms with Crippen LogP contribution in [0.5, 0.6) is 0 Å². The van der Waals surface area contributed by atoms with Gasteiger partial charge in [-0.05, 0) is 26.3 Å². The van der Waals surface area contributed by atoms with Gasteiger partial charge in [-0.25, -0.2) is 4.79 Å². The van der Waals surface area contributed by atoms with Crippen LogP contribution in [-0.4, -0.2) is 47.4 Å². The van der Waals surface area contributed by atoms with Gasteiger partial charge in [0.2, 0.25) is 0 Å². The third-order valence-corrected chi connectivity index (χ3v) is 4.02. The molecule has 0 radical (unpaired) electrons. The van der Waals surface area contributed by atoms with Gasteiger partial charge in [0.1, 0.15) is 12.1 Å². The SMILES string of the molecule is C[C@@H](NC(=O)COC(=O)CN1C(=O)NC(=O)C1(C)C)c1ccccc1. The molecule has 1 aliphatic heterocycles. The molecule has 2 rings (SSSR count). The fraction of sp³-hybridized carbons (Fsp3) is 0.412. The van der Waals surface area contributed by atoms with Gasteiger partial charge in [-0.2, -0.15) is 0 Å². The Kier molecular flexibility index (Phi) is 5.41. The van der Waals surface area contributed by atoms with Crippen LogP contribution in [0.1, 0.15) is 32.4 Å². The predicted molar refractivity (Wildman–Crippen MR) is 88.3 cm³/mol. The second-order valence-electron chi connectivity index (χ2n) is 6.27. The van der Waals surface area contributed by atoms with E-state index in [0.717, 1.165) is 10.5 Å². The van der Waals surface area contributed by atoms with E-state index in [0.29, 0.717) is 0 Å². The molecule has 0 saturated carbocycles. The number of amides is 4. The topological polar surface area (TPSA) is 105 Å². The molecule has 134 valence electrons. The van der Waals surface area contributed by atoms with Crippen molar-refractivity contribution in [1.82, 2.24) is 15.5 Å². The van der Waals surface area contributed by atoms with Gasteiger partial charge in [0, 0.05) is 0 Å². The van der Waals surface area contributed by atoms with Gasteiger partial charge in [0.25, 0.3) is 11.8 Å². The van der Waals surface area contributed by atoms with Crippen LogP contribution >= 0.6 is 0 Å². The van der Waals surface area contributed by atoms with E-state index < -0.39 is 42.5 Å². The molecular formula is C17H21N3O5. The maximum absolute atomic E-state index is 11.9. The number of urea groups is 1. The highest BCUT2D eigenvalue weighted by molar-refractivity contribution is 6.07. The third kappa shape index (κ3) is 4.34. The van der Waals surface area contributed by atoms with Crippen LogP contribution < -0.4 is 10.6 Å². The first-order valence-electron chi connectivity index (χ1n) is 7.85. The standard InChI is InChI=1S/C17H21N3O5/c1-11(12-7-5-4-6-8-12)18-13(21)10-25-14(22)9-20-16(24)19-15(23)17(20,2)3/h4-8,11H,9-10H2,1-3H3,(H,18,21)(H,19,23,24)/t11-/m1/s1. The number of nitrogens with zero attached hydrogens (tertiary/aromatic N) is 1. The van der Waals surface area contributed by atoms with Crippen LogP contribution in [0.25, 0.3) is 0 Å². The molecule has 8 nitrogen and oxygen atoms in total. The van der Waals surface area contributed by atoms with Crippen LogP contribution in [-0.2, 0) is 19.1 Å². The zero-order valence-electron chi connectivity index (χ0n) is 14.4. The summed E-state index contributed by atoms with van der Waals surface area (Å²) >= 11 is 0. The molecule has 0 bridgehead atoms. The molecule has 8 heteroatoms. The van der Waals surface area contributed by atoms with Crippen LogP contribution in [0.4, 0.5) is 4.79 Å². The summed E-state index contributed by atoms with van der Waals surface area (Å²) in [5.74, 6) is -1.70. The molecule has 1 atom stereocenters. The lowest BCUT2D eigenvalue weighted by molar-refractivity contribution is -0.150. The molecule has 2 N–H and O–H groups in total. The molecule has 1 saturated heterocycles. The Labute approximate surface area is 145 Å². The van der Waals surface area contributed by atoms with Crippen molar-refractivity contribution < 1.29 is 23.9 Å². The van der Waals surface area contributed by atoms with E-state index in [1.165, 1.54) is 13.8 Å². The number of ether oxygens (including phenoxy) is 1. The maximum Gasteiger partial charge on any atom is 0.326 e. The summed E-state index contributed by atoms with van der Waals surface area (Å²) in [6, 6.07) is 8.47. The molecule has 0 spiro atoms. The first-order chi connectivity index (χ1) is 11.7. The molecule has 25 heavy (non-hydrogen) atoms. The quantitative estimate of drug-likeness (QED) is 0.583. The first-order valence-corrected chi connectivity index (χ1v) is 7.85. The van der Waals surface area contributed by atoms with Gasteiger partial charge >= 0.3 is 12.0 Å². The number of nitrogens with one attached hydrogen (secondary N) is 2. The Morgan fingerprint density at radius 3 is 2.44 bits per heavy atom. The Hall–Kier alpha value is -2.90. The smallest absolute Gasteiger partial charge is 0.326 e. The monoisotopic (exact) mass is 347 g/mol. The van der Waals surface area contributed by atoms with E-state index in [1.807, 2.05) is 37.3 Å². The molecular weight excluding hydrogens is 326 g/mol. The number of carbonyl (C=O) groups excluding carboxylic acids is 4. The van der Waals surface area contributed by atoms with Crippen LogP contribution in [0.15, 0.2) is 30.3 Å². The largest absolute Gasteiger partial charge is 0.454 e. The van der Waals surface area contributed by atoms with Crippen molar-refractivity contribution in [2.45, 2.75) is 32.4 Å². The highest BCUT2D eigenvalue weighted by Gasteiger charge is 2.46. The summed E-state index contributed by atoms with van der Waals surface area (Å²) in [6.07, 6.45) is 0. The lowest BCUT2D eigenvalue weighted by Gasteiger charge is -2.26. The minimum atomic E-state index is -1.14. The van der Waals surface area contributed by atoms with E-state index in [4.69, 9.17) is 4.74 Å². The van der Waals surface area contributed by atoms with Gasteiger partial charge in [-0.3, -0.25) is 24.6 Å². The highest BCUT2D eigenvalue weighted by atomic mass is 16.5. The molecule has 0 unspecified atom stereocenters. The summed E-state index contributed by atoms with van der Waals surface area (Å²) in [6.45, 7) is 3.99. The second-order valence-corrected chi connectivity index (χ2v) is 6.27. The number of esters is 1. The average molecular weight is 347 g/mol. The van der Waals surface area contributed by atoms with Crippen molar-refractivity contribution >= 4 is 23.8 Å². The van der Waals surface area contributed by atoms with Crippen LogP contribution in [0.2, 0.25) is 0 Å². The molecule has 1 fully saturated rings. The summed E-state index contributed by atoms with van der Waals surface area (Å²) in [5, 5.41) is 4.85. The number of rotatable bonds is 6. The summed E-state index contributed by atoms with van der Waals surface area (Å²) in [5.41, 5.74) is -0.212. The molecule has 0 aromatic heterocycles. The molecule has 1 aliphatic rings. The summed E-state index contributed by atoms with van der Waals surface area (Å²) in [4.78, 5) is 48.1.